The summed E-state index contributed by atoms with van der Waals surface area (Å²) in [5.74, 6) is -0.680. The summed E-state index contributed by atoms with van der Waals surface area (Å²) in [6.45, 7) is 8.60. The Morgan fingerprint density at radius 3 is 2.13 bits per heavy atom. The van der Waals surface area contributed by atoms with E-state index in [1.54, 1.807) is 18.2 Å². The summed E-state index contributed by atoms with van der Waals surface area (Å²) in [6.07, 6.45) is -3.34. The fourth-order valence-corrected chi connectivity index (χ4v) is 6.91. The van der Waals surface area contributed by atoms with E-state index in [2.05, 4.69) is 0 Å². The van der Waals surface area contributed by atoms with E-state index in [0.717, 1.165) is 45.5 Å². The fraction of sp³-hybridized carbons (Fsp3) is 0.270. The van der Waals surface area contributed by atoms with Crippen LogP contribution in [-0.4, -0.2) is 29.0 Å². The van der Waals surface area contributed by atoms with Gasteiger partial charge in [0.25, 0.3) is 5.91 Å². The summed E-state index contributed by atoms with van der Waals surface area (Å²) in [4.78, 5) is 41.7. The lowest BCUT2D eigenvalue weighted by molar-refractivity contribution is -0.137. The van der Waals surface area contributed by atoms with Crippen LogP contribution < -0.4 is 5.73 Å². The van der Waals surface area contributed by atoms with Gasteiger partial charge < -0.3 is 10.6 Å². The van der Waals surface area contributed by atoms with Gasteiger partial charge in [-0.3, -0.25) is 14.4 Å². The van der Waals surface area contributed by atoms with Crippen molar-refractivity contribution in [2.24, 2.45) is 11.1 Å². The number of hydrogen-bond acceptors (Lipinski definition) is 3. The number of ketones is 1. The molecule has 0 unspecified atom stereocenters. The van der Waals surface area contributed by atoms with Crippen LogP contribution in [0.4, 0.5) is 13.2 Å². The number of hydrogen-bond donors (Lipinski definition) is 1. The molecule has 1 aliphatic carbocycles. The second-order valence-electron chi connectivity index (χ2n) is 12.8. The Kier molecular flexibility index (Phi) is 7.22. The molecule has 0 saturated heterocycles. The van der Waals surface area contributed by atoms with Gasteiger partial charge in [0.05, 0.1) is 11.1 Å². The quantitative estimate of drug-likeness (QED) is 0.257. The van der Waals surface area contributed by atoms with Crippen LogP contribution in [0.3, 0.4) is 0 Å². The minimum atomic E-state index is -4.47. The first-order chi connectivity index (χ1) is 21.2. The third-order valence-electron chi connectivity index (χ3n) is 9.15. The fourth-order valence-electron chi connectivity index (χ4n) is 6.91. The number of aryl methyl sites for hydroxylation is 2. The standard InChI is InChI=1S/C37H33F3N2O3/c1-20-16-21(2)31(29-18-36(3,4)33(43)30(20)29)35(45)42-15-14-23-17-24(8-9-25(23)19-42)28-7-5-6-27(32(28)34(41)44)22-10-12-26(13-11-22)37(38,39)40/h5-13,16-17H,14-15,18-19H2,1-4H3,(H2,41,44). The van der Waals surface area contributed by atoms with Crippen molar-refractivity contribution in [2.45, 2.75) is 53.3 Å². The van der Waals surface area contributed by atoms with E-state index in [1.165, 1.54) is 12.1 Å². The number of alkyl halides is 3. The maximum absolute atomic E-state index is 14.0. The van der Waals surface area contributed by atoms with E-state index >= 15 is 0 Å². The molecule has 4 aromatic carbocycles. The van der Waals surface area contributed by atoms with Gasteiger partial charge in [0.15, 0.2) is 5.78 Å². The second kappa shape index (κ2) is 10.7. The monoisotopic (exact) mass is 610 g/mol. The Hall–Kier alpha value is -4.72. The van der Waals surface area contributed by atoms with Crippen molar-refractivity contribution in [2.75, 3.05) is 6.54 Å². The van der Waals surface area contributed by atoms with Crippen LogP contribution in [0.15, 0.2) is 66.7 Å². The molecule has 230 valence electrons. The number of nitrogens with two attached hydrogens (primary N) is 1. The number of primary amides is 1. The molecule has 0 saturated carbocycles. The Bertz CT molecular complexity index is 1910. The van der Waals surface area contributed by atoms with E-state index in [-0.39, 0.29) is 17.3 Å². The molecular formula is C37H33F3N2O3. The molecule has 1 aliphatic heterocycles. The second-order valence-corrected chi connectivity index (χ2v) is 12.8. The summed E-state index contributed by atoms with van der Waals surface area (Å²) >= 11 is 0. The minimum absolute atomic E-state index is 0.0794. The van der Waals surface area contributed by atoms with Crippen molar-refractivity contribution in [3.63, 3.8) is 0 Å². The zero-order valence-electron chi connectivity index (χ0n) is 25.6. The number of amides is 2. The van der Waals surface area contributed by atoms with Gasteiger partial charge in [-0.15, -0.1) is 0 Å². The molecule has 8 heteroatoms. The lowest BCUT2D eigenvalue weighted by atomic mass is 9.88. The average molecular weight is 611 g/mol. The molecule has 0 aromatic heterocycles. The maximum Gasteiger partial charge on any atom is 0.416 e. The Labute approximate surface area is 259 Å². The van der Waals surface area contributed by atoms with Crippen molar-refractivity contribution >= 4 is 17.6 Å². The number of carbonyl (C=O) groups is 3. The van der Waals surface area contributed by atoms with Crippen LogP contribution in [-0.2, 0) is 25.6 Å². The van der Waals surface area contributed by atoms with Crippen LogP contribution in [0.5, 0.6) is 0 Å². The molecule has 0 fully saturated rings. The van der Waals surface area contributed by atoms with Crippen molar-refractivity contribution < 1.29 is 27.6 Å². The molecule has 6 rings (SSSR count). The smallest absolute Gasteiger partial charge is 0.366 e. The number of Topliss-reactive ketones (excluding diaryl/α,β-unsaturated/α-hetero) is 1. The predicted octanol–water partition coefficient (Wildman–Crippen LogP) is 7.72. The lowest BCUT2D eigenvalue weighted by Gasteiger charge is -2.31. The highest BCUT2D eigenvalue weighted by Crippen LogP contribution is 2.42. The van der Waals surface area contributed by atoms with Gasteiger partial charge in [-0.2, -0.15) is 13.2 Å². The van der Waals surface area contributed by atoms with Crippen molar-refractivity contribution in [3.05, 3.63) is 117 Å². The molecule has 45 heavy (non-hydrogen) atoms. The van der Waals surface area contributed by atoms with Crippen molar-refractivity contribution in [3.8, 4) is 22.3 Å². The summed E-state index contributed by atoms with van der Waals surface area (Å²) in [5.41, 5.74) is 12.9. The van der Waals surface area contributed by atoms with Gasteiger partial charge in [-0.25, -0.2) is 0 Å². The number of rotatable bonds is 4. The van der Waals surface area contributed by atoms with Crippen molar-refractivity contribution in [1.29, 1.82) is 0 Å². The molecule has 2 amide bonds. The molecule has 5 nitrogen and oxygen atoms in total. The highest BCUT2D eigenvalue weighted by atomic mass is 19.4. The number of nitrogens with zero attached hydrogens (tertiary/aromatic N) is 1. The topological polar surface area (TPSA) is 80.5 Å². The summed E-state index contributed by atoms with van der Waals surface area (Å²) in [5, 5.41) is 0. The van der Waals surface area contributed by atoms with E-state index in [9.17, 15) is 27.6 Å². The van der Waals surface area contributed by atoms with Gasteiger partial charge in [0.2, 0.25) is 5.91 Å². The summed E-state index contributed by atoms with van der Waals surface area (Å²) in [7, 11) is 0. The SMILES string of the molecule is Cc1cc(C)c2c(c1C(=O)N1CCc3cc(-c4cccc(-c5ccc(C(F)(F)F)cc5)c4C(N)=O)ccc3C1)CC(C)(C)C2=O. The average Bonchev–Trinajstić information content (AvgIpc) is 3.23. The van der Waals surface area contributed by atoms with Crippen molar-refractivity contribution in [1.82, 2.24) is 4.90 Å². The Morgan fingerprint density at radius 1 is 0.844 bits per heavy atom. The van der Waals surface area contributed by atoms with Crippen LogP contribution in [0.2, 0.25) is 0 Å². The molecular weight excluding hydrogens is 577 g/mol. The predicted molar refractivity (Wildman–Crippen MR) is 167 cm³/mol. The van der Waals surface area contributed by atoms with Gasteiger partial charge in [0.1, 0.15) is 0 Å². The molecule has 0 radical (unpaired) electrons. The number of fused-ring (bicyclic) bond motifs is 2. The van der Waals surface area contributed by atoms with Crippen LogP contribution in [0.1, 0.15) is 78.3 Å². The van der Waals surface area contributed by atoms with Gasteiger partial charge in [-0.05, 0) is 88.9 Å². The zero-order chi connectivity index (χ0) is 32.4. The number of benzene rings is 4. The highest BCUT2D eigenvalue weighted by molar-refractivity contribution is 6.10. The number of carbonyl (C=O) groups excluding carboxylic acids is 3. The third kappa shape index (κ3) is 5.22. The lowest BCUT2D eigenvalue weighted by Crippen LogP contribution is -2.37. The normalized spacial score (nSPS) is 15.5. The van der Waals surface area contributed by atoms with E-state index in [0.29, 0.717) is 53.7 Å². The Balaban J connectivity index is 1.31. The largest absolute Gasteiger partial charge is 0.416 e. The molecule has 2 aliphatic rings. The summed E-state index contributed by atoms with van der Waals surface area (Å²) < 4.78 is 39.4. The molecule has 1 heterocycles. The van der Waals surface area contributed by atoms with E-state index in [1.807, 2.05) is 56.9 Å². The number of halogens is 3. The third-order valence-corrected chi connectivity index (χ3v) is 9.15. The maximum atomic E-state index is 14.0. The first-order valence-corrected chi connectivity index (χ1v) is 14.9. The Morgan fingerprint density at radius 2 is 1.49 bits per heavy atom. The first-order valence-electron chi connectivity index (χ1n) is 14.9. The zero-order valence-corrected chi connectivity index (χ0v) is 25.6. The molecule has 0 atom stereocenters. The van der Waals surface area contributed by atoms with Gasteiger partial charge >= 0.3 is 6.18 Å². The van der Waals surface area contributed by atoms with Crippen LogP contribution in [0.25, 0.3) is 22.3 Å². The van der Waals surface area contributed by atoms with E-state index in [4.69, 9.17) is 5.73 Å². The molecule has 0 bridgehead atoms. The van der Waals surface area contributed by atoms with Gasteiger partial charge in [-0.1, -0.05) is 68.4 Å². The highest BCUT2D eigenvalue weighted by Gasteiger charge is 2.42. The van der Waals surface area contributed by atoms with E-state index < -0.39 is 23.1 Å². The minimum Gasteiger partial charge on any atom is -0.366 e. The molecule has 4 aromatic rings. The van der Waals surface area contributed by atoms with Gasteiger partial charge in [0, 0.05) is 29.6 Å². The van der Waals surface area contributed by atoms with Crippen LogP contribution in [0, 0.1) is 19.3 Å². The molecule has 2 N–H and O–H groups in total. The van der Waals surface area contributed by atoms with Crippen LogP contribution >= 0.6 is 0 Å². The summed E-state index contributed by atoms with van der Waals surface area (Å²) in [6, 6.07) is 17.6. The first kappa shape index (κ1) is 30.3. The molecule has 0 spiro atoms.